The Morgan fingerprint density at radius 3 is 2.28 bits per heavy atom. The smallest absolute Gasteiger partial charge is 0.314 e. The Labute approximate surface area is 105 Å². The van der Waals surface area contributed by atoms with E-state index in [0.717, 1.165) is 0 Å². The Bertz CT molecular complexity index is 432. The molecule has 0 saturated carbocycles. The van der Waals surface area contributed by atoms with Crippen LogP contribution in [0.1, 0.15) is 11.7 Å². The Balaban J connectivity index is 3.38. The van der Waals surface area contributed by atoms with Crippen LogP contribution in [0.4, 0.5) is 5.69 Å². The lowest BCUT2D eigenvalue weighted by Gasteiger charge is -2.17. The van der Waals surface area contributed by atoms with Crippen LogP contribution in [0.15, 0.2) is 12.1 Å². The molecule has 0 aliphatic rings. The van der Waals surface area contributed by atoms with Gasteiger partial charge < -0.3 is 19.9 Å². The van der Waals surface area contributed by atoms with Crippen molar-refractivity contribution in [2.24, 2.45) is 5.73 Å². The van der Waals surface area contributed by atoms with Crippen molar-refractivity contribution in [3.63, 3.8) is 0 Å². The minimum Gasteiger partial charge on any atom is -0.496 e. The van der Waals surface area contributed by atoms with E-state index < -0.39 is 11.0 Å². The minimum absolute atomic E-state index is 0.145. The molecule has 18 heavy (non-hydrogen) atoms. The molecule has 1 aromatic rings. The molecule has 0 aromatic heterocycles. The lowest BCUT2D eigenvalue weighted by atomic mass is 10.1. The Hall–Kier alpha value is -1.86. The van der Waals surface area contributed by atoms with E-state index in [1.54, 1.807) is 0 Å². The van der Waals surface area contributed by atoms with Gasteiger partial charge in [0, 0.05) is 19.2 Å². The van der Waals surface area contributed by atoms with Crippen LogP contribution < -0.4 is 15.2 Å². The molecule has 0 spiro atoms. The molecule has 0 radical (unpaired) electrons. The zero-order valence-corrected chi connectivity index (χ0v) is 10.5. The first-order valence-electron chi connectivity index (χ1n) is 5.22. The maximum atomic E-state index is 10.9. The minimum atomic E-state index is -0.532. The number of hydrogen-bond donors (Lipinski definition) is 1. The molecular weight excluding hydrogens is 240 g/mol. The molecule has 1 unspecified atom stereocenters. The largest absolute Gasteiger partial charge is 0.496 e. The van der Waals surface area contributed by atoms with E-state index in [4.69, 9.17) is 19.9 Å². The molecule has 0 aliphatic heterocycles. The van der Waals surface area contributed by atoms with E-state index in [1.165, 1.54) is 33.5 Å². The standard InChI is InChI=1S/C11H16N2O5/c1-16-9-5-8(13(14)15)10(17-2)4-7(9)11(6-12)18-3/h4-5,11H,6,12H2,1-3H3. The SMILES string of the molecule is COc1cc([N+](=O)[O-])c(OC)cc1C(CN)OC. The molecule has 0 amide bonds. The van der Waals surface area contributed by atoms with Gasteiger partial charge in [-0.3, -0.25) is 10.1 Å². The summed E-state index contributed by atoms with van der Waals surface area (Å²) in [7, 11) is 4.30. The third-order valence-electron chi connectivity index (χ3n) is 2.57. The molecule has 0 fully saturated rings. The average molecular weight is 256 g/mol. The fourth-order valence-corrected chi connectivity index (χ4v) is 1.65. The normalized spacial score (nSPS) is 12.0. The number of ether oxygens (including phenoxy) is 3. The van der Waals surface area contributed by atoms with Gasteiger partial charge in [-0.15, -0.1) is 0 Å². The molecule has 1 atom stereocenters. The molecular formula is C11H16N2O5. The number of nitrogens with zero attached hydrogens (tertiary/aromatic N) is 1. The maximum absolute atomic E-state index is 10.9. The van der Waals surface area contributed by atoms with Crippen molar-refractivity contribution < 1.29 is 19.1 Å². The highest BCUT2D eigenvalue weighted by Crippen LogP contribution is 2.37. The van der Waals surface area contributed by atoms with Gasteiger partial charge in [0.25, 0.3) is 0 Å². The Morgan fingerprint density at radius 2 is 1.89 bits per heavy atom. The zero-order chi connectivity index (χ0) is 13.7. The van der Waals surface area contributed by atoms with Gasteiger partial charge in [0.2, 0.25) is 0 Å². The molecule has 100 valence electrons. The van der Waals surface area contributed by atoms with Crippen molar-refractivity contribution in [3.05, 3.63) is 27.8 Å². The summed E-state index contributed by atoms with van der Waals surface area (Å²) in [5.74, 6) is 0.492. The van der Waals surface area contributed by atoms with E-state index in [-0.39, 0.29) is 18.0 Å². The van der Waals surface area contributed by atoms with Crippen molar-refractivity contribution in [2.45, 2.75) is 6.10 Å². The second kappa shape index (κ2) is 6.18. The van der Waals surface area contributed by atoms with Gasteiger partial charge in [-0.1, -0.05) is 0 Å². The first-order chi connectivity index (χ1) is 8.58. The predicted octanol–water partition coefficient (Wildman–Crippen LogP) is 1.26. The molecule has 0 heterocycles. The number of rotatable bonds is 6. The van der Waals surface area contributed by atoms with Crippen molar-refractivity contribution >= 4 is 5.69 Å². The third-order valence-corrected chi connectivity index (χ3v) is 2.57. The van der Waals surface area contributed by atoms with Crippen molar-refractivity contribution in [1.29, 1.82) is 0 Å². The van der Waals surface area contributed by atoms with Crippen LogP contribution >= 0.6 is 0 Å². The lowest BCUT2D eigenvalue weighted by molar-refractivity contribution is -0.385. The van der Waals surface area contributed by atoms with Crippen LogP contribution in [0.25, 0.3) is 0 Å². The summed E-state index contributed by atoms with van der Waals surface area (Å²) in [5.41, 5.74) is 6.03. The summed E-state index contributed by atoms with van der Waals surface area (Å²) in [6, 6.07) is 2.81. The molecule has 7 heteroatoms. The molecule has 1 aromatic carbocycles. The fourth-order valence-electron chi connectivity index (χ4n) is 1.65. The van der Waals surface area contributed by atoms with E-state index in [1.807, 2.05) is 0 Å². The molecule has 1 rings (SSSR count). The Morgan fingerprint density at radius 1 is 1.28 bits per heavy atom. The fraction of sp³-hybridized carbons (Fsp3) is 0.455. The van der Waals surface area contributed by atoms with Gasteiger partial charge in [0.1, 0.15) is 5.75 Å². The highest BCUT2D eigenvalue weighted by atomic mass is 16.6. The number of methoxy groups -OCH3 is 3. The average Bonchev–Trinajstić information content (AvgIpc) is 2.39. The second-order valence-corrected chi connectivity index (χ2v) is 3.48. The quantitative estimate of drug-likeness (QED) is 0.608. The van der Waals surface area contributed by atoms with Gasteiger partial charge >= 0.3 is 5.69 Å². The van der Waals surface area contributed by atoms with Gasteiger partial charge in [-0.25, -0.2) is 0 Å². The van der Waals surface area contributed by atoms with Crippen molar-refractivity contribution in [2.75, 3.05) is 27.9 Å². The summed E-state index contributed by atoms with van der Waals surface area (Å²) < 4.78 is 15.3. The van der Waals surface area contributed by atoms with Crippen molar-refractivity contribution in [3.8, 4) is 11.5 Å². The third kappa shape index (κ3) is 2.69. The summed E-state index contributed by atoms with van der Waals surface area (Å²) in [5, 5.41) is 10.9. The topological polar surface area (TPSA) is 96.9 Å². The monoisotopic (exact) mass is 256 g/mol. The van der Waals surface area contributed by atoms with Gasteiger partial charge in [0.05, 0.1) is 31.3 Å². The van der Waals surface area contributed by atoms with Gasteiger partial charge in [-0.05, 0) is 6.07 Å². The zero-order valence-electron chi connectivity index (χ0n) is 10.5. The van der Waals surface area contributed by atoms with E-state index >= 15 is 0 Å². The van der Waals surface area contributed by atoms with Crippen LogP contribution in [0.3, 0.4) is 0 Å². The first kappa shape index (κ1) is 14.2. The molecule has 2 N–H and O–H groups in total. The van der Waals surface area contributed by atoms with E-state index in [2.05, 4.69) is 0 Å². The van der Waals surface area contributed by atoms with Crippen LogP contribution in [0, 0.1) is 10.1 Å². The summed E-state index contributed by atoms with van der Waals surface area (Å²) in [6.07, 6.45) is -0.408. The number of nitrogens with two attached hydrogens (primary N) is 1. The van der Waals surface area contributed by atoms with E-state index in [0.29, 0.717) is 11.3 Å². The number of nitro benzene ring substituents is 1. The van der Waals surface area contributed by atoms with Gasteiger partial charge in [-0.2, -0.15) is 0 Å². The summed E-state index contributed by atoms with van der Waals surface area (Å²) >= 11 is 0. The molecule has 7 nitrogen and oxygen atoms in total. The van der Waals surface area contributed by atoms with Crippen molar-refractivity contribution in [1.82, 2.24) is 0 Å². The maximum Gasteiger partial charge on any atom is 0.314 e. The number of nitro groups is 1. The van der Waals surface area contributed by atoms with Crippen LogP contribution in [0.5, 0.6) is 11.5 Å². The van der Waals surface area contributed by atoms with E-state index in [9.17, 15) is 10.1 Å². The predicted molar refractivity (Wildman–Crippen MR) is 65.0 cm³/mol. The lowest BCUT2D eigenvalue weighted by Crippen LogP contribution is -2.15. The molecule has 0 aliphatic carbocycles. The first-order valence-corrected chi connectivity index (χ1v) is 5.22. The van der Waals surface area contributed by atoms with Crippen LogP contribution in [-0.2, 0) is 4.74 Å². The molecule has 0 saturated heterocycles. The second-order valence-electron chi connectivity index (χ2n) is 3.48. The highest BCUT2D eigenvalue weighted by Gasteiger charge is 2.23. The van der Waals surface area contributed by atoms with Gasteiger partial charge in [0.15, 0.2) is 5.75 Å². The Kier molecular flexibility index (Phi) is 4.87. The number of benzene rings is 1. The van der Waals surface area contributed by atoms with Crippen LogP contribution in [0.2, 0.25) is 0 Å². The molecule has 0 bridgehead atoms. The van der Waals surface area contributed by atoms with Crippen LogP contribution in [-0.4, -0.2) is 32.8 Å². The summed E-state index contributed by atoms with van der Waals surface area (Å²) in [6.45, 7) is 0.230. The highest BCUT2D eigenvalue weighted by molar-refractivity contribution is 5.55. The summed E-state index contributed by atoms with van der Waals surface area (Å²) in [4.78, 5) is 10.4. The number of hydrogen-bond acceptors (Lipinski definition) is 6.